The quantitative estimate of drug-likeness (QED) is 0.661. The van der Waals surface area contributed by atoms with E-state index in [0.717, 1.165) is 25.1 Å². The van der Waals surface area contributed by atoms with Crippen molar-refractivity contribution in [1.82, 2.24) is 10.3 Å². The summed E-state index contributed by atoms with van der Waals surface area (Å²) in [5.74, 6) is 2.12. The van der Waals surface area contributed by atoms with Crippen LogP contribution in [0.3, 0.4) is 0 Å². The highest BCUT2D eigenvalue weighted by molar-refractivity contribution is 5.72. The lowest BCUT2D eigenvalue weighted by atomic mass is 10.1. The number of furan rings is 1. The van der Waals surface area contributed by atoms with Crippen LogP contribution in [-0.4, -0.2) is 22.4 Å². The summed E-state index contributed by atoms with van der Waals surface area (Å²) >= 11 is 0. The van der Waals surface area contributed by atoms with Gasteiger partial charge in [-0.05, 0) is 38.0 Å². The zero-order chi connectivity index (χ0) is 18.0. The van der Waals surface area contributed by atoms with Crippen molar-refractivity contribution in [1.29, 1.82) is 0 Å². The number of hydrogen-bond donors (Lipinski definition) is 1. The predicted molar refractivity (Wildman–Crippen MR) is 91.2 cm³/mol. The van der Waals surface area contributed by atoms with Crippen molar-refractivity contribution in [3.8, 4) is 0 Å². The molecular formula is C17H20N4O4. The number of anilines is 1. The first kappa shape index (κ1) is 16.9. The summed E-state index contributed by atoms with van der Waals surface area (Å²) in [5, 5.41) is 13.7. The maximum Gasteiger partial charge on any atom is 0.290 e. The van der Waals surface area contributed by atoms with Gasteiger partial charge < -0.3 is 14.6 Å². The second-order valence-corrected chi connectivity index (χ2v) is 6.10. The molecule has 25 heavy (non-hydrogen) atoms. The van der Waals surface area contributed by atoms with E-state index in [0.29, 0.717) is 23.8 Å². The molecule has 1 aliphatic rings. The highest BCUT2D eigenvalue weighted by Gasteiger charge is 2.30. The van der Waals surface area contributed by atoms with Gasteiger partial charge in [-0.15, -0.1) is 0 Å². The van der Waals surface area contributed by atoms with E-state index in [1.165, 1.54) is 13.0 Å². The molecule has 0 radical (unpaired) electrons. The fourth-order valence-corrected chi connectivity index (χ4v) is 3.11. The molecule has 1 N–H and O–H groups in total. The van der Waals surface area contributed by atoms with Crippen LogP contribution in [0.2, 0.25) is 0 Å². The maximum atomic E-state index is 11.0. The Bertz CT molecular complexity index is 802. The van der Waals surface area contributed by atoms with Gasteiger partial charge in [-0.25, -0.2) is 4.98 Å². The SMILES string of the molecule is CC(=O)NCc1ccc([C@@H]2CCCN2c2ccc([N+](=O)[O-])c(C)n2)o1. The Morgan fingerprint density at radius 3 is 2.92 bits per heavy atom. The Hall–Kier alpha value is -2.90. The number of aromatic nitrogens is 1. The van der Waals surface area contributed by atoms with E-state index in [-0.39, 0.29) is 17.6 Å². The molecule has 1 aliphatic heterocycles. The third kappa shape index (κ3) is 3.62. The van der Waals surface area contributed by atoms with Gasteiger partial charge in [0.25, 0.3) is 5.69 Å². The van der Waals surface area contributed by atoms with Crippen molar-refractivity contribution >= 4 is 17.4 Å². The molecule has 0 spiro atoms. The first-order chi connectivity index (χ1) is 12.0. The summed E-state index contributed by atoms with van der Waals surface area (Å²) in [5.41, 5.74) is 0.425. The van der Waals surface area contributed by atoms with Crippen molar-refractivity contribution in [3.63, 3.8) is 0 Å². The largest absolute Gasteiger partial charge is 0.462 e. The van der Waals surface area contributed by atoms with Crippen molar-refractivity contribution in [2.45, 2.75) is 39.3 Å². The van der Waals surface area contributed by atoms with Gasteiger partial charge in [-0.3, -0.25) is 14.9 Å². The van der Waals surface area contributed by atoms with Gasteiger partial charge in [0.1, 0.15) is 23.0 Å². The number of carbonyl (C=O) groups is 1. The Morgan fingerprint density at radius 1 is 1.44 bits per heavy atom. The molecule has 1 saturated heterocycles. The van der Waals surface area contributed by atoms with Crippen molar-refractivity contribution < 1.29 is 14.1 Å². The fourth-order valence-electron chi connectivity index (χ4n) is 3.11. The highest BCUT2D eigenvalue weighted by Crippen LogP contribution is 2.36. The Kier molecular flexibility index (Phi) is 4.69. The molecule has 0 aliphatic carbocycles. The molecule has 8 nitrogen and oxygen atoms in total. The van der Waals surface area contributed by atoms with Gasteiger partial charge in [0, 0.05) is 19.5 Å². The number of pyridine rings is 1. The van der Waals surface area contributed by atoms with Crippen LogP contribution in [0.5, 0.6) is 0 Å². The monoisotopic (exact) mass is 344 g/mol. The molecule has 1 atom stereocenters. The number of amides is 1. The van der Waals surface area contributed by atoms with Gasteiger partial charge in [-0.2, -0.15) is 0 Å². The minimum Gasteiger partial charge on any atom is -0.462 e. The summed E-state index contributed by atoms with van der Waals surface area (Å²) < 4.78 is 5.87. The van der Waals surface area contributed by atoms with E-state index in [2.05, 4.69) is 15.2 Å². The van der Waals surface area contributed by atoms with Crippen LogP contribution >= 0.6 is 0 Å². The van der Waals surface area contributed by atoms with Gasteiger partial charge in [0.2, 0.25) is 5.91 Å². The number of aryl methyl sites for hydroxylation is 1. The predicted octanol–water partition coefficient (Wildman–Crippen LogP) is 2.87. The van der Waals surface area contributed by atoms with Crippen LogP contribution < -0.4 is 10.2 Å². The lowest BCUT2D eigenvalue weighted by molar-refractivity contribution is -0.385. The van der Waals surface area contributed by atoms with Crippen LogP contribution in [0.1, 0.15) is 43.0 Å². The van der Waals surface area contributed by atoms with Crippen molar-refractivity contribution in [2.75, 3.05) is 11.4 Å². The lowest BCUT2D eigenvalue weighted by Gasteiger charge is -2.24. The molecule has 0 unspecified atom stereocenters. The average Bonchev–Trinajstić information content (AvgIpc) is 3.21. The minimum absolute atomic E-state index is 0.0232. The molecule has 1 fully saturated rings. The number of nitrogens with zero attached hydrogens (tertiary/aromatic N) is 3. The summed E-state index contributed by atoms with van der Waals surface area (Å²) in [6.45, 7) is 4.28. The standard InChI is InChI=1S/C17H20N4O4/c1-11-14(21(23)24)6-8-17(19-11)20-9-3-4-15(20)16-7-5-13(25-16)10-18-12(2)22/h5-8,15H,3-4,9-10H2,1-2H3,(H,18,22)/t15-/m0/s1. The van der Waals surface area contributed by atoms with E-state index in [1.54, 1.807) is 13.0 Å². The normalized spacial score (nSPS) is 16.9. The van der Waals surface area contributed by atoms with Crippen molar-refractivity contribution in [3.05, 3.63) is 51.6 Å². The van der Waals surface area contributed by atoms with E-state index in [1.807, 2.05) is 12.1 Å². The molecule has 3 heterocycles. The summed E-state index contributed by atoms with van der Waals surface area (Å²) in [6.07, 6.45) is 1.91. The van der Waals surface area contributed by atoms with Crippen LogP contribution in [0, 0.1) is 17.0 Å². The zero-order valence-corrected chi connectivity index (χ0v) is 14.2. The molecule has 3 rings (SSSR count). The fraction of sp³-hybridized carbons (Fsp3) is 0.412. The second-order valence-electron chi connectivity index (χ2n) is 6.10. The molecule has 0 aromatic carbocycles. The lowest BCUT2D eigenvalue weighted by Crippen LogP contribution is -2.23. The highest BCUT2D eigenvalue weighted by atomic mass is 16.6. The molecule has 0 saturated carbocycles. The van der Waals surface area contributed by atoms with Gasteiger partial charge in [-0.1, -0.05) is 0 Å². The summed E-state index contributed by atoms with van der Waals surface area (Å²) in [7, 11) is 0. The molecular weight excluding hydrogens is 324 g/mol. The Balaban J connectivity index is 1.80. The van der Waals surface area contributed by atoms with Crippen LogP contribution in [0.15, 0.2) is 28.7 Å². The Labute approximate surface area is 145 Å². The second kappa shape index (κ2) is 6.92. The van der Waals surface area contributed by atoms with Gasteiger partial charge in [0.15, 0.2) is 0 Å². The van der Waals surface area contributed by atoms with Gasteiger partial charge >= 0.3 is 0 Å². The third-order valence-electron chi connectivity index (χ3n) is 4.31. The van der Waals surface area contributed by atoms with Crippen LogP contribution in [-0.2, 0) is 11.3 Å². The minimum atomic E-state index is -0.422. The van der Waals surface area contributed by atoms with E-state index < -0.39 is 4.92 Å². The number of hydrogen-bond acceptors (Lipinski definition) is 6. The molecule has 132 valence electrons. The maximum absolute atomic E-state index is 11.0. The molecule has 1 amide bonds. The number of nitro groups is 1. The first-order valence-electron chi connectivity index (χ1n) is 8.17. The number of carbonyl (C=O) groups excluding carboxylic acids is 1. The van der Waals surface area contributed by atoms with Gasteiger partial charge in [0.05, 0.1) is 17.5 Å². The van der Waals surface area contributed by atoms with E-state index in [4.69, 9.17) is 4.42 Å². The van der Waals surface area contributed by atoms with E-state index in [9.17, 15) is 14.9 Å². The van der Waals surface area contributed by atoms with E-state index >= 15 is 0 Å². The average molecular weight is 344 g/mol. The number of rotatable bonds is 5. The summed E-state index contributed by atoms with van der Waals surface area (Å²) in [4.78, 5) is 28.1. The smallest absolute Gasteiger partial charge is 0.290 e. The van der Waals surface area contributed by atoms with Crippen LogP contribution in [0.25, 0.3) is 0 Å². The summed E-state index contributed by atoms with van der Waals surface area (Å²) in [6, 6.07) is 7.00. The topological polar surface area (TPSA) is 102 Å². The zero-order valence-electron chi connectivity index (χ0n) is 14.2. The van der Waals surface area contributed by atoms with Crippen LogP contribution in [0.4, 0.5) is 11.5 Å². The molecule has 8 heteroatoms. The molecule has 0 bridgehead atoms. The first-order valence-corrected chi connectivity index (χ1v) is 8.17. The van der Waals surface area contributed by atoms with Crippen molar-refractivity contribution in [2.24, 2.45) is 0 Å². The molecule has 2 aromatic rings. The molecule has 2 aromatic heterocycles. The Morgan fingerprint density at radius 2 is 2.24 bits per heavy atom. The number of nitrogens with one attached hydrogen (secondary N) is 1. The third-order valence-corrected chi connectivity index (χ3v) is 4.31.